The van der Waals surface area contributed by atoms with Gasteiger partial charge in [-0.05, 0) is 19.3 Å². The van der Waals surface area contributed by atoms with Crippen LogP contribution in [-0.4, -0.2) is 63.3 Å². The van der Waals surface area contributed by atoms with E-state index in [1.165, 1.54) is 57.8 Å². The van der Waals surface area contributed by atoms with Gasteiger partial charge in [0.1, 0.15) is 13.2 Å². The highest BCUT2D eigenvalue weighted by molar-refractivity contribution is 7.80. The third kappa shape index (κ3) is 18.1. The number of likely N-dealkylation sites (N-methyl/N-ethyl adjacent to an activating group) is 1. The van der Waals surface area contributed by atoms with Gasteiger partial charge in [-0.25, -0.2) is 8.98 Å². The molecule has 30 heavy (non-hydrogen) atoms. The second-order valence-corrected chi connectivity index (χ2v) is 9.94. The minimum Gasteiger partial charge on any atom is -0.458 e. The van der Waals surface area contributed by atoms with Gasteiger partial charge in [-0.3, -0.25) is 4.55 Å². The lowest BCUT2D eigenvalue weighted by molar-refractivity contribution is -0.890. The van der Waals surface area contributed by atoms with Gasteiger partial charge in [0.15, 0.2) is 6.10 Å². The van der Waals surface area contributed by atoms with Crippen molar-refractivity contribution in [2.24, 2.45) is 0 Å². The summed E-state index contributed by atoms with van der Waals surface area (Å²) in [5.74, 6) is -0.736. The Hall–Kier alpha value is -0.700. The highest BCUT2D eigenvalue weighted by atomic mass is 32.3. The van der Waals surface area contributed by atoms with E-state index in [4.69, 9.17) is 9.29 Å². The molecule has 8 heteroatoms. The molecule has 0 heterocycles. The van der Waals surface area contributed by atoms with E-state index in [0.29, 0.717) is 13.0 Å². The Bertz CT molecular complexity index is 536. The molecule has 7 nitrogen and oxygen atoms in total. The van der Waals surface area contributed by atoms with Crippen LogP contribution in [0.4, 0.5) is 0 Å². The summed E-state index contributed by atoms with van der Waals surface area (Å²) < 4.78 is 41.2. The van der Waals surface area contributed by atoms with Crippen molar-refractivity contribution in [3.05, 3.63) is 0 Å². The van der Waals surface area contributed by atoms with Gasteiger partial charge in [-0.15, -0.1) is 0 Å². The summed E-state index contributed by atoms with van der Waals surface area (Å²) >= 11 is 0. The van der Waals surface area contributed by atoms with Crippen LogP contribution in [0.3, 0.4) is 0 Å². The molecule has 0 aliphatic rings. The number of nitrogens with zero attached hydrogens (tertiary/aromatic N) is 1. The molecule has 1 N–H and O–H groups in total. The molecule has 0 saturated heterocycles. The van der Waals surface area contributed by atoms with Crippen LogP contribution in [0.1, 0.15) is 97.3 Å². The molecule has 1 atom stereocenters. The van der Waals surface area contributed by atoms with Gasteiger partial charge < -0.3 is 9.22 Å². The van der Waals surface area contributed by atoms with Gasteiger partial charge in [-0.2, -0.15) is 8.42 Å². The summed E-state index contributed by atoms with van der Waals surface area (Å²) in [6, 6.07) is 0. The van der Waals surface area contributed by atoms with Crippen LogP contribution in [-0.2, 0) is 24.1 Å². The Morgan fingerprint density at radius 1 is 0.833 bits per heavy atom. The van der Waals surface area contributed by atoms with Crippen molar-refractivity contribution in [2.45, 2.75) is 103 Å². The predicted octanol–water partition coefficient (Wildman–Crippen LogP) is 4.91. The Balaban J connectivity index is 3.99. The van der Waals surface area contributed by atoms with E-state index in [0.717, 1.165) is 23.9 Å². The molecule has 180 valence electrons. The van der Waals surface area contributed by atoms with Gasteiger partial charge in [0.05, 0.1) is 20.6 Å². The summed E-state index contributed by atoms with van der Waals surface area (Å²) in [7, 11) is -0.481. The molecule has 0 rings (SSSR count). The number of unbranched alkanes of at least 4 members (excludes halogenated alkanes) is 10. The van der Waals surface area contributed by atoms with Gasteiger partial charge in [0.2, 0.25) is 0 Å². The predicted molar refractivity (Wildman–Crippen MR) is 121 cm³/mol. The van der Waals surface area contributed by atoms with E-state index in [-0.39, 0.29) is 13.0 Å². The van der Waals surface area contributed by atoms with E-state index >= 15 is 0 Å². The molecule has 0 bridgehead atoms. The lowest BCUT2D eigenvalue weighted by Crippen LogP contribution is -2.43. The molecule has 0 aliphatic heterocycles. The maximum absolute atomic E-state index is 12.1. The van der Waals surface area contributed by atoms with Crippen LogP contribution >= 0.6 is 0 Å². The van der Waals surface area contributed by atoms with E-state index in [1.807, 2.05) is 6.92 Å². The zero-order valence-electron chi connectivity index (χ0n) is 19.7. The monoisotopic (exact) mass is 452 g/mol. The van der Waals surface area contributed by atoms with Crippen LogP contribution in [0, 0.1) is 0 Å². The van der Waals surface area contributed by atoms with Crippen molar-refractivity contribution in [1.29, 1.82) is 0 Å². The average molecular weight is 453 g/mol. The third-order valence-electron chi connectivity index (χ3n) is 5.38. The van der Waals surface area contributed by atoms with E-state index in [1.54, 1.807) is 0 Å². The molecule has 0 fully saturated rings. The summed E-state index contributed by atoms with van der Waals surface area (Å²) in [6.07, 6.45) is 13.3. The second-order valence-electron chi connectivity index (χ2n) is 8.89. The molecule has 0 spiro atoms. The van der Waals surface area contributed by atoms with E-state index < -0.39 is 22.5 Å². The minimum atomic E-state index is -4.68. The standard InChI is InChI=1S/C22H45NO6S/c1-5-7-9-10-11-12-13-14-15-16-18-23(3,4)19-20-28-22(24)21(17-8-6-2)29-30(25,26)27/h21H,5-20H2,1-4H3/p+1. The quantitative estimate of drug-likeness (QED) is 0.122. The number of rotatable bonds is 20. The third-order valence-corrected chi connectivity index (χ3v) is 5.85. The normalized spacial score (nSPS) is 13.4. The highest BCUT2D eigenvalue weighted by Crippen LogP contribution is 2.13. The molecular weight excluding hydrogens is 406 g/mol. The SMILES string of the molecule is CCCCCCCCCCCC[N+](C)(C)CCOC(=O)C(CCCC)OS(=O)(=O)O. The maximum atomic E-state index is 12.1. The smallest absolute Gasteiger partial charge is 0.398 e. The summed E-state index contributed by atoms with van der Waals surface area (Å²) in [4.78, 5) is 12.1. The zero-order valence-corrected chi connectivity index (χ0v) is 20.6. The van der Waals surface area contributed by atoms with Crippen LogP contribution in [0.5, 0.6) is 0 Å². The fraction of sp³-hybridized carbons (Fsp3) is 0.955. The first-order valence-electron chi connectivity index (χ1n) is 11.8. The fourth-order valence-electron chi connectivity index (χ4n) is 3.37. The van der Waals surface area contributed by atoms with Crippen LogP contribution in [0.25, 0.3) is 0 Å². The molecule has 0 radical (unpaired) electrons. The number of carbonyl (C=O) groups is 1. The zero-order chi connectivity index (χ0) is 22.9. The van der Waals surface area contributed by atoms with Crippen molar-refractivity contribution in [1.82, 2.24) is 0 Å². The Labute approximate surface area is 185 Å². The number of carbonyl (C=O) groups excluding carboxylic acids is 1. The van der Waals surface area contributed by atoms with Gasteiger partial charge in [0, 0.05) is 0 Å². The second kappa shape index (κ2) is 16.9. The van der Waals surface area contributed by atoms with Crippen molar-refractivity contribution >= 4 is 16.4 Å². The van der Waals surface area contributed by atoms with Crippen LogP contribution < -0.4 is 0 Å². The van der Waals surface area contributed by atoms with Crippen molar-refractivity contribution < 1.29 is 31.2 Å². The van der Waals surface area contributed by atoms with Crippen molar-refractivity contribution in [3.63, 3.8) is 0 Å². The summed E-state index contributed by atoms with van der Waals surface area (Å²) in [5.41, 5.74) is 0. The first-order valence-corrected chi connectivity index (χ1v) is 13.1. The molecule has 0 aliphatic carbocycles. The average Bonchev–Trinajstić information content (AvgIpc) is 2.65. The van der Waals surface area contributed by atoms with Crippen molar-refractivity contribution in [2.75, 3.05) is 33.8 Å². The van der Waals surface area contributed by atoms with E-state index in [9.17, 15) is 13.2 Å². The number of esters is 1. The lowest BCUT2D eigenvalue weighted by Gasteiger charge is -2.29. The Morgan fingerprint density at radius 2 is 1.33 bits per heavy atom. The molecule has 0 aromatic heterocycles. The van der Waals surface area contributed by atoms with Gasteiger partial charge in [0.25, 0.3) is 0 Å². The first kappa shape index (κ1) is 29.3. The number of hydrogen-bond acceptors (Lipinski definition) is 5. The summed E-state index contributed by atoms with van der Waals surface area (Å²) in [6.45, 7) is 6.02. The van der Waals surface area contributed by atoms with Crippen LogP contribution in [0.2, 0.25) is 0 Å². The minimum absolute atomic E-state index is 0.195. The molecule has 0 aromatic rings. The Kier molecular flexibility index (Phi) is 16.5. The van der Waals surface area contributed by atoms with Crippen molar-refractivity contribution in [3.8, 4) is 0 Å². The molecular formula is C22H46NO6S+. The summed E-state index contributed by atoms with van der Waals surface area (Å²) in [5, 5.41) is 0. The molecule has 0 saturated carbocycles. The van der Waals surface area contributed by atoms with Gasteiger partial charge >= 0.3 is 16.4 Å². The number of quaternary nitrogens is 1. The van der Waals surface area contributed by atoms with Gasteiger partial charge in [-0.1, -0.05) is 78.1 Å². The largest absolute Gasteiger partial charge is 0.458 e. The van der Waals surface area contributed by atoms with E-state index in [2.05, 4.69) is 25.2 Å². The topological polar surface area (TPSA) is 89.9 Å². The first-order chi connectivity index (χ1) is 14.1. The Morgan fingerprint density at radius 3 is 1.83 bits per heavy atom. The molecule has 1 unspecified atom stereocenters. The van der Waals surface area contributed by atoms with Crippen LogP contribution in [0.15, 0.2) is 0 Å². The maximum Gasteiger partial charge on any atom is 0.398 e. The fourth-order valence-corrected chi connectivity index (χ4v) is 3.84. The number of ether oxygens (including phenoxy) is 1. The lowest BCUT2D eigenvalue weighted by atomic mass is 10.1. The molecule has 0 aromatic carbocycles. The highest BCUT2D eigenvalue weighted by Gasteiger charge is 2.26. The number of hydrogen-bond donors (Lipinski definition) is 1. The molecule has 0 amide bonds.